The van der Waals surface area contributed by atoms with Crippen molar-refractivity contribution in [3.63, 3.8) is 0 Å². The minimum atomic E-state index is -0.790. The molecular formula is C69H112O6. The van der Waals surface area contributed by atoms with Gasteiger partial charge in [0.1, 0.15) is 13.2 Å². The Morgan fingerprint density at radius 1 is 0.280 bits per heavy atom. The summed E-state index contributed by atoms with van der Waals surface area (Å²) in [5.74, 6) is -0.921. The zero-order valence-electron chi connectivity index (χ0n) is 48.5. The van der Waals surface area contributed by atoms with E-state index in [1.807, 2.05) is 0 Å². The summed E-state index contributed by atoms with van der Waals surface area (Å²) in [6.45, 7) is 6.43. The van der Waals surface area contributed by atoms with Gasteiger partial charge in [0.15, 0.2) is 6.10 Å². The van der Waals surface area contributed by atoms with E-state index in [9.17, 15) is 14.4 Å². The first kappa shape index (κ1) is 70.5. The van der Waals surface area contributed by atoms with Gasteiger partial charge in [0.25, 0.3) is 0 Å². The molecule has 0 aliphatic carbocycles. The quantitative estimate of drug-likeness (QED) is 0.0261. The Balaban J connectivity index is 4.17. The van der Waals surface area contributed by atoms with Crippen molar-refractivity contribution in [2.24, 2.45) is 0 Å². The highest BCUT2D eigenvalue weighted by atomic mass is 16.6. The molecule has 0 aliphatic rings. The first-order valence-electron chi connectivity index (χ1n) is 30.7. The Morgan fingerprint density at radius 3 is 0.853 bits per heavy atom. The van der Waals surface area contributed by atoms with Gasteiger partial charge in [-0.25, -0.2) is 0 Å². The van der Waals surface area contributed by atoms with Gasteiger partial charge in [-0.2, -0.15) is 0 Å². The molecule has 0 saturated carbocycles. The van der Waals surface area contributed by atoms with Gasteiger partial charge < -0.3 is 14.2 Å². The average molecular weight is 1040 g/mol. The fourth-order valence-corrected chi connectivity index (χ4v) is 8.04. The lowest BCUT2D eigenvalue weighted by Gasteiger charge is -2.18. The Kier molecular flexibility index (Phi) is 58.4. The zero-order valence-corrected chi connectivity index (χ0v) is 48.5. The van der Waals surface area contributed by atoms with Crippen LogP contribution in [0.2, 0.25) is 0 Å². The topological polar surface area (TPSA) is 78.9 Å². The van der Waals surface area contributed by atoms with E-state index in [4.69, 9.17) is 14.2 Å². The molecule has 0 fully saturated rings. The maximum absolute atomic E-state index is 12.8. The largest absolute Gasteiger partial charge is 0.462 e. The predicted octanol–water partition coefficient (Wildman–Crippen LogP) is 21.0. The molecule has 0 radical (unpaired) electrons. The van der Waals surface area contributed by atoms with Gasteiger partial charge in [-0.1, -0.05) is 264 Å². The second-order valence-electron chi connectivity index (χ2n) is 19.9. The van der Waals surface area contributed by atoms with Crippen LogP contribution < -0.4 is 0 Å². The molecule has 0 heterocycles. The van der Waals surface area contributed by atoms with Crippen LogP contribution >= 0.6 is 0 Å². The highest BCUT2D eigenvalue weighted by molar-refractivity contribution is 5.71. The first-order chi connectivity index (χ1) is 37.0. The van der Waals surface area contributed by atoms with Crippen molar-refractivity contribution < 1.29 is 28.6 Å². The van der Waals surface area contributed by atoms with Gasteiger partial charge in [0.05, 0.1) is 0 Å². The van der Waals surface area contributed by atoms with Gasteiger partial charge in [0, 0.05) is 19.3 Å². The van der Waals surface area contributed by atoms with Crippen LogP contribution in [0.15, 0.2) is 134 Å². The van der Waals surface area contributed by atoms with Gasteiger partial charge in [0.2, 0.25) is 0 Å². The van der Waals surface area contributed by atoms with Crippen LogP contribution in [-0.2, 0) is 28.6 Å². The highest BCUT2D eigenvalue weighted by Gasteiger charge is 2.19. The number of unbranched alkanes of at least 4 members (excludes halogenated alkanes) is 21. The molecule has 0 aromatic heterocycles. The molecule has 0 rings (SSSR count). The maximum Gasteiger partial charge on any atom is 0.306 e. The number of allylic oxidation sites excluding steroid dienone is 22. The van der Waals surface area contributed by atoms with Crippen LogP contribution in [-0.4, -0.2) is 37.2 Å². The molecule has 1 unspecified atom stereocenters. The fraction of sp³-hybridized carbons (Fsp3) is 0.638. The predicted molar refractivity (Wildman–Crippen MR) is 325 cm³/mol. The third-order valence-electron chi connectivity index (χ3n) is 12.6. The van der Waals surface area contributed by atoms with Crippen LogP contribution in [0.1, 0.15) is 265 Å². The monoisotopic (exact) mass is 1040 g/mol. The number of hydrogen-bond acceptors (Lipinski definition) is 6. The van der Waals surface area contributed by atoms with Crippen molar-refractivity contribution in [3.8, 4) is 0 Å². The summed E-state index contributed by atoms with van der Waals surface area (Å²) in [6, 6.07) is 0. The number of hydrogen-bond donors (Lipinski definition) is 0. The van der Waals surface area contributed by atoms with Crippen LogP contribution in [0.4, 0.5) is 0 Å². The van der Waals surface area contributed by atoms with Crippen molar-refractivity contribution in [1.29, 1.82) is 0 Å². The standard InChI is InChI=1S/C69H112O6/c1-4-7-10-13-16-19-21-23-25-26-27-28-29-30-31-32-33-34-35-36-37-38-39-40-41-42-43-44-45-47-48-50-53-56-59-62-68(71)74-65-66(64-73-67(70)61-58-55-52-18-15-12-9-6-3)75-69(72)63-60-57-54-51-49-46-24-22-20-17-14-11-8-5-2/h7,10,14,16-17,19,22-25,27-28,30-31,33-34,36-37,39-40,42-43,66H,4-6,8-9,11-13,15,18,20-21,26,29,32,35,38,41,44-65H2,1-3H3/b10-7-,17-14-,19-16-,24-22-,25-23-,28-27-,31-30-,34-33-,37-36-,40-39-,43-42-. The van der Waals surface area contributed by atoms with E-state index in [-0.39, 0.29) is 31.1 Å². The molecule has 0 spiro atoms. The molecule has 0 saturated heterocycles. The average Bonchev–Trinajstić information content (AvgIpc) is 3.41. The van der Waals surface area contributed by atoms with Crippen molar-refractivity contribution in [3.05, 3.63) is 134 Å². The summed E-state index contributed by atoms with van der Waals surface area (Å²) in [4.78, 5) is 38.0. The summed E-state index contributed by atoms with van der Waals surface area (Å²) in [6.07, 6.45) is 87.6. The summed E-state index contributed by atoms with van der Waals surface area (Å²) in [7, 11) is 0. The van der Waals surface area contributed by atoms with E-state index in [0.717, 1.165) is 148 Å². The van der Waals surface area contributed by atoms with E-state index in [1.54, 1.807) is 0 Å². The molecule has 0 aromatic carbocycles. The number of esters is 3. The maximum atomic E-state index is 12.8. The van der Waals surface area contributed by atoms with E-state index >= 15 is 0 Å². The van der Waals surface area contributed by atoms with Crippen molar-refractivity contribution >= 4 is 17.9 Å². The Bertz CT molecular complexity index is 1620. The van der Waals surface area contributed by atoms with Crippen LogP contribution in [0.5, 0.6) is 0 Å². The molecule has 0 aromatic rings. The summed E-state index contributed by atoms with van der Waals surface area (Å²) in [5.41, 5.74) is 0. The Labute approximate surface area is 462 Å². The number of ether oxygens (including phenoxy) is 3. The number of carbonyl (C=O) groups excluding carboxylic acids is 3. The van der Waals surface area contributed by atoms with E-state index in [2.05, 4.69) is 154 Å². The van der Waals surface area contributed by atoms with Crippen LogP contribution in [0, 0.1) is 0 Å². The molecule has 0 amide bonds. The van der Waals surface area contributed by atoms with Crippen LogP contribution in [0.3, 0.4) is 0 Å². The molecule has 75 heavy (non-hydrogen) atoms. The van der Waals surface area contributed by atoms with Crippen molar-refractivity contribution in [1.82, 2.24) is 0 Å². The summed E-state index contributed by atoms with van der Waals surface area (Å²) >= 11 is 0. The Morgan fingerprint density at radius 2 is 0.533 bits per heavy atom. The lowest BCUT2D eigenvalue weighted by atomic mass is 10.1. The molecule has 6 nitrogen and oxygen atoms in total. The third kappa shape index (κ3) is 60.3. The van der Waals surface area contributed by atoms with Gasteiger partial charge >= 0.3 is 17.9 Å². The molecule has 1 atom stereocenters. The first-order valence-corrected chi connectivity index (χ1v) is 30.7. The number of rotatable bonds is 54. The van der Waals surface area contributed by atoms with Gasteiger partial charge in [-0.3, -0.25) is 14.4 Å². The third-order valence-corrected chi connectivity index (χ3v) is 12.6. The minimum absolute atomic E-state index is 0.0884. The van der Waals surface area contributed by atoms with Gasteiger partial charge in [-0.05, 0) is 116 Å². The molecule has 424 valence electrons. The summed E-state index contributed by atoms with van der Waals surface area (Å²) in [5, 5.41) is 0. The van der Waals surface area contributed by atoms with Crippen molar-refractivity contribution in [2.75, 3.05) is 13.2 Å². The van der Waals surface area contributed by atoms with Crippen LogP contribution in [0.25, 0.3) is 0 Å². The summed E-state index contributed by atoms with van der Waals surface area (Å²) < 4.78 is 16.8. The second-order valence-corrected chi connectivity index (χ2v) is 19.9. The normalized spacial score (nSPS) is 13.1. The smallest absolute Gasteiger partial charge is 0.306 e. The number of carbonyl (C=O) groups is 3. The highest BCUT2D eigenvalue weighted by Crippen LogP contribution is 2.14. The zero-order chi connectivity index (χ0) is 54.3. The lowest BCUT2D eigenvalue weighted by molar-refractivity contribution is -0.167. The van der Waals surface area contributed by atoms with E-state index in [1.165, 1.54) is 77.0 Å². The fourth-order valence-electron chi connectivity index (χ4n) is 8.04. The molecular weight excluding hydrogens is 925 g/mol. The Hall–Kier alpha value is -4.45. The minimum Gasteiger partial charge on any atom is -0.462 e. The molecule has 0 N–H and O–H groups in total. The van der Waals surface area contributed by atoms with Crippen molar-refractivity contribution in [2.45, 2.75) is 271 Å². The second kappa shape index (κ2) is 62.1. The lowest BCUT2D eigenvalue weighted by Crippen LogP contribution is -2.30. The SMILES string of the molecule is CC/C=C\C/C=C\C/C=C\C/C=C\C/C=C\C/C=C\C/C=C\C/C=C\C/C=C\CCCCCCCCCC(=O)OCC(COC(=O)CCCCCCCCCC)OC(=O)CCCCCCC/C=C\C/C=C\CCCC. The van der Waals surface area contributed by atoms with Gasteiger partial charge in [-0.15, -0.1) is 0 Å². The molecule has 0 aliphatic heterocycles. The van der Waals surface area contributed by atoms with E-state index in [0.29, 0.717) is 19.3 Å². The molecule has 6 heteroatoms. The molecule has 0 bridgehead atoms. The van der Waals surface area contributed by atoms with E-state index < -0.39 is 6.10 Å².